The van der Waals surface area contributed by atoms with Crippen molar-refractivity contribution in [3.05, 3.63) is 81.7 Å². The first-order valence-corrected chi connectivity index (χ1v) is 10.4. The fourth-order valence-corrected chi connectivity index (χ4v) is 4.35. The molecule has 0 aliphatic carbocycles. The Morgan fingerprint density at radius 2 is 1.86 bits per heavy atom. The van der Waals surface area contributed by atoms with Crippen molar-refractivity contribution in [1.82, 2.24) is 4.90 Å². The molecule has 29 heavy (non-hydrogen) atoms. The fraction of sp³-hybridized carbons (Fsp3) is 0.130. The van der Waals surface area contributed by atoms with Crippen molar-refractivity contribution in [1.29, 1.82) is 0 Å². The zero-order chi connectivity index (χ0) is 20.4. The Hall–Kier alpha value is -2.76. The first-order valence-electron chi connectivity index (χ1n) is 9.21. The lowest BCUT2D eigenvalue weighted by molar-refractivity contribution is -0.123. The van der Waals surface area contributed by atoms with Crippen LogP contribution in [-0.4, -0.2) is 22.7 Å². The Labute approximate surface area is 178 Å². The lowest BCUT2D eigenvalue weighted by atomic mass is 10.0. The molecule has 4 nitrogen and oxygen atoms in total. The number of imide groups is 1. The van der Waals surface area contributed by atoms with Gasteiger partial charge < -0.3 is 4.74 Å². The monoisotopic (exact) mass is 423 g/mol. The van der Waals surface area contributed by atoms with Gasteiger partial charge in [-0.05, 0) is 58.8 Å². The van der Waals surface area contributed by atoms with E-state index in [4.69, 9.17) is 16.3 Å². The maximum Gasteiger partial charge on any atom is 0.293 e. The first kappa shape index (κ1) is 19.6. The topological polar surface area (TPSA) is 46.6 Å². The van der Waals surface area contributed by atoms with Crippen molar-refractivity contribution < 1.29 is 14.3 Å². The van der Waals surface area contributed by atoms with Crippen LogP contribution in [0.5, 0.6) is 5.75 Å². The molecule has 0 N–H and O–H groups in total. The minimum absolute atomic E-state index is 0.243. The number of hydrogen-bond acceptors (Lipinski definition) is 4. The third-order valence-corrected chi connectivity index (χ3v) is 5.84. The number of rotatable bonds is 5. The molecule has 1 fully saturated rings. The zero-order valence-corrected chi connectivity index (χ0v) is 17.3. The normalized spacial score (nSPS) is 15.5. The van der Waals surface area contributed by atoms with Crippen molar-refractivity contribution in [2.24, 2.45) is 0 Å². The van der Waals surface area contributed by atoms with Crippen molar-refractivity contribution in [2.75, 3.05) is 6.61 Å². The van der Waals surface area contributed by atoms with Crippen LogP contribution >= 0.6 is 23.4 Å². The average Bonchev–Trinajstić information content (AvgIpc) is 2.98. The van der Waals surface area contributed by atoms with Gasteiger partial charge in [-0.2, -0.15) is 0 Å². The molecule has 0 spiro atoms. The van der Waals surface area contributed by atoms with Gasteiger partial charge in [-0.15, -0.1) is 0 Å². The number of ether oxygens (including phenoxy) is 1. The van der Waals surface area contributed by atoms with Crippen molar-refractivity contribution in [3.8, 4) is 5.75 Å². The summed E-state index contributed by atoms with van der Waals surface area (Å²) in [6.07, 6.45) is 1.69. The molecule has 3 aromatic carbocycles. The predicted molar refractivity (Wildman–Crippen MR) is 118 cm³/mol. The molecule has 1 aliphatic heterocycles. The van der Waals surface area contributed by atoms with Crippen LogP contribution in [0.3, 0.4) is 0 Å². The Bertz CT molecular complexity index is 1140. The predicted octanol–water partition coefficient (Wildman–Crippen LogP) is 6.13. The molecule has 1 heterocycles. The lowest BCUT2D eigenvalue weighted by Crippen LogP contribution is -2.27. The number of nitrogens with zero attached hydrogens (tertiary/aromatic N) is 1. The molecule has 146 valence electrons. The number of benzene rings is 3. The lowest BCUT2D eigenvalue weighted by Gasteiger charge is -2.14. The highest BCUT2D eigenvalue weighted by Gasteiger charge is 2.35. The first-order chi connectivity index (χ1) is 14.1. The SMILES string of the molecule is CCOc1ccc(/C=C2\SC(=O)N(Cc3cccc4ccccc34)C2=O)cc1Cl. The highest BCUT2D eigenvalue weighted by molar-refractivity contribution is 8.18. The third kappa shape index (κ3) is 4.02. The van der Waals surface area contributed by atoms with Crippen LogP contribution in [0.4, 0.5) is 4.79 Å². The molecule has 0 bridgehead atoms. The summed E-state index contributed by atoms with van der Waals surface area (Å²) in [5.41, 5.74) is 1.69. The number of carbonyl (C=O) groups is 2. The minimum Gasteiger partial charge on any atom is -0.492 e. The Balaban J connectivity index is 1.59. The number of hydrogen-bond donors (Lipinski definition) is 0. The van der Waals surface area contributed by atoms with Gasteiger partial charge in [-0.1, -0.05) is 60.1 Å². The number of carbonyl (C=O) groups excluding carboxylic acids is 2. The van der Waals surface area contributed by atoms with Crippen LogP contribution in [0, 0.1) is 0 Å². The molecule has 1 saturated heterocycles. The Morgan fingerprint density at radius 3 is 2.66 bits per heavy atom. The van der Waals surface area contributed by atoms with Gasteiger partial charge in [0.2, 0.25) is 0 Å². The molecule has 3 aromatic rings. The zero-order valence-electron chi connectivity index (χ0n) is 15.7. The van der Waals surface area contributed by atoms with Crippen LogP contribution in [0.1, 0.15) is 18.1 Å². The van der Waals surface area contributed by atoms with Gasteiger partial charge in [0, 0.05) is 0 Å². The standard InChI is InChI=1S/C23H18ClNO3S/c1-2-28-20-11-10-15(12-19(20)24)13-21-22(26)25(23(27)29-21)14-17-8-5-7-16-6-3-4-9-18(16)17/h3-13H,2,14H2,1H3/b21-13-. The number of amides is 2. The molecule has 4 rings (SSSR count). The summed E-state index contributed by atoms with van der Waals surface area (Å²) in [7, 11) is 0. The Kier molecular flexibility index (Phi) is 5.60. The van der Waals surface area contributed by atoms with E-state index >= 15 is 0 Å². The quantitative estimate of drug-likeness (QED) is 0.463. The van der Waals surface area contributed by atoms with Crippen molar-refractivity contribution in [3.63, 3.8) is 0 Å². The van der Waals surface area contributed by atoms with Crippen LogP contribution < -0.4 is 4.74 Å². The summed E-state index contributed by atoms with van der Waals surface area (Å²) in [5, 5.41) is 2.31. The minimum atomic E-state index is -0.294. The molecule has 6 heteroatoms. The van der Waals surface area contributed by atoms with Gasteiger partial charge >= 0.3 is 0 Å². The summed E-state index contributed by atoms with van der Waals surface area (Å²) in [6, 6.07) is 19.1. The highest BCUT2D eigenvalue weighted by Crippen LogP contribution is 2.35. The molecule has 0 unspecified atom stereocenters. The van der Waals surface area contributed by atoms with Crippen LogP contribution in [0.2, 0.25) is 5.02 Å². The largest absolute Gasteiger partial charge is 0.492 e. The van der Waals surface area contributed by atoms with Gasteiger partial charge in [0.15, 0.2) is 0 Å². The molecule has 0 atom stereocenters. The number of fused-ring (bicyclic) bond motifs is 1. The maximum atomic E-state index is 12.9. The van der Waals surface area contributed by atoms with Crippen LogP contribution in [0.15, 0.2) is 65.6 Å². The van der Waals surface area contributed by atoms with Gasteiger partial charge in [0.05, 0.1) is 23.1 Å². The fourth-order valence-electron chi connectivity index (χ4n) is 3.27. The average molecular weight is 424 g/mol. The van der Waals surface area contributed by atoms with E-state index in [0.29, 0.717) is 22.3 Å². The summed E-state index contributed by atoms with van der Waals surface area (Å²) < 4.78 is 5.43. The second-order valence-corrected chi connectivity index (χ2v) is 7.93. The van der Waals surface area contributed by atoms with E-state index in [1.807, 2.05) is 55.5 Å². The van der Waals surface area contributed by atoms with Crippen LogP contribution in [-0.2, 0) is 11.3 Å². The van der Waals surface area contributed by atoms with E-state index < -0.39 is 0 Å². The summed E-state index contributed by atoms with van der Waals surface area (Å²) in [6.45, 7) is 2.65. The molecular weight excluding hydrogens is 406 g/mol. The molecular formula is C23H18ClNO3S. The highest BCUT2D eigenvalue weighted by atomic mass is 35.5. The van der Waals surface area contributed by atoms with Gasteiger partial charge in [0.25, 0.3) is 11.1 Å². The van der Waals surface area contributed by atoms with Gasteiger partial charge in [0.1, 0.15) is 5.75 Å². The third-order valence-electron chi connectivity index (χ3n) is 4.64. The van der Waals surface area contributed by atoms with Crippen molar-refractivity contribution >= 4 is 51.4 Å². The molecule has 0 saturated carbocycles. The molecule has 2 amide bonds. The molecule has 0 radical (unpaired) electrons. The smallest absolute Gasteiger partial charge is 0.293 e. The molecule has 0 aromatic heterocycles. The van der Waals surface area contributed by atoms with E-state index in [1.165, 1.54) is 4.90 Å². The van der Waals surface area contributed by atoms with Gasteiger partial charge in [-0.3, -0.25) is 14.5 Å². The second-order valence-electron chi connectivity index (χ2n) is 6.53. The summed E-state index contributed by atoms with van der Waals surface area (Å²) >= 11 is 7.17. The van der Waals surface area contributed by atoms with E-state index in [9.17, 15) is 9.59 Å². The van der Waals surface area contributed by atoms with E-state index in [1.54, 1.807) is 18.2 Å². The summed E-state index contributed by atoms with van der Waals surface area (Å²) in [5.74, 6) is 0.299. The number of halogens is 1. The van der Waals surface area contributed by atoms with E-state index in [2.05, 4.69) is 0 Å². The van der Waals surface area contributed by atoms with E-state index in [-0.39, 0.29) is 17.7 Å². The van der Waals surface area contributed by atoms with Crippen molar-refractivity contribution in [2.45, 2.75) is 13.5 Å². The Morgan fingerprint density at radius 1 is 1.07 bits per heavy atom. The van der Waals surface area contributed by atoms with Gasteiger partial charge in [-0.25, -0.2) is 0 Å². The van der Waals surface area contributed by atoms with Crippen LogP contribution in [0.25, 0.3) is 16.8 Å². The second kappa shape index (κ2) is 8.31. The van der Waals surface area contributed by atoms with E-state index in [0.717, 1.165) is 33.7 Å². The molecule has 1 aliphatic rings. The summed E-state index contributed by atoms with van der Waals surface area (Å²) in [4.78, 5) is 27.1. The maximum absolute atomic E-state index is 12.9. The number of thioether (sulfide) groups is 1.